The molecule has 7 heteroatoms. The summed E-state index contributed by atoms with van der Waals surface area (Å²) in [6.07, 6.45) is 0. The summed E-state index contributed by atoms with van der Waals surface area (Å²) in [6.45, 7) is 4.12. The Kier molecular flexibility index (Phi) is 5.18. The lowest BCUT2D eigenvalue weighted by Gasteiger charge is -2.10. The molecular formula is C19H20N4O2S. The van der Waals surface area contributed by atoms with Gasteiger partial charge in [0.05, 0.1) is 7.11 Å². The molecule has 1 aromatic heterocycles. The molecule has 0 aliphatic carbocycles. The van der Waals surface area contributed by atoms with Gasteiger partial charge in [-0.3, -0.25) is 14.5 Å². The minimum atomic E-state index is -0.166. The second kappa shape index (κ2) is 7.53. The minimum Gasteiger partial charge on any atom is -0.497 e. The van der Waals surface area contributed by atoms with Crippen molar-refractivity contribution in [3.63, 3.8) is 0 Å². The van der Waals surface area contributed by atoms with Gasteiger partial charge in [-0.05, 0) is 73.6 Å². The van der Waals surface area contributed by atoms with Gasteiger partial charge >= 0.3 is 0 Å². The third kappa shape index (κ3) is 3.83. The van der Waals surface area contributed by atoms with Gasteiger partial charge in [0.15, 0.2) is 10.6 Å². The first kappa shape index (κ1) is 17.9. The standard InChI is InChI=1S/C19H20N4O2S/c1-12-4-7-15(10-13(12)2)20-17(24)11-23-18(21-22-19(23)26)14-5-8-16(25-3)9-6-14/h4-10H,11H2,1-3H3,(H,20,24)(H,22,26). The molecule has 0 spiro atoms. The highest BCUT2D eigenvalue weighted by molar-refractivity contribution is 7.71. The number of anilines is 1. The van der Waals surface area contributed by atoms with Crippen LogP contribution >= 0.6 is 12.2 Å². The van der Waals surface area contributed by atoms with Gasteiger partial charge in [0.25, 0.3) is 0 Å². The summed E-state index contributed by atoms with van der Waals surface area (Å²) < 4.78 is 7.24. The van der Waals surface area contributed by atoms with Crippen molar-refractivity contribution in [2.45, 2.75) is 20.4 Å². The number of benzene rings is 2. The van der Waals surface area contributed by atoms with Gasteiger partial charge in [0.2, 0.25) is 5.91 Å². The van der Waals surface area contributed by atoms with Crippen LogP contribution in [-0.4, -0.2) is 27.8 Å². The number of hydrogen-bond acceptors (Lipinski definition) is 4. The van der Waals surface area contributed by atoms with Crippen LogP contribution in [0, 0.1) is 18.6 Å². The van der Waals surface area contributed by atoms with E-state index in [0.29, 0.717) is 10.6 Å². The summed E-state index contributed by atoms with van der Waals surface area (Å²) in [7, 11) is 1.61. The number of nitrogens with zero attached hydrogens (tertiary/aromatic N) is 2. The molecular weight excluding hydrogens is 348 g/mol. The average molecular weight is 368 g/mol. The molecule has 3 rings (SSSR count). The Balaban J connectivity index is 1.81. The third-order valence-corrected chi connectivity index (χ3v) is 4.51. The van der Waals surface area contributed by atoms with Crippen LogP contribution in [0.25, 0.3) is 11.4 Å². The fourth-order valence-corrected chi connectivity index (χ4v) is 2.78. The Hall–Kier alpha value is -2.93. The van der Waals surface area contributed by atoms with Crippen molar-refractivity contribution in [2.24, 2.45) is 0 Å². The lowest BCUT2D eigenvalue weighted by Crippen LogP contribution is -2.19. The van der Waals surface area contributed by atoms with Crippen LogP contribution in [0.1, 0.15) is 11.1 Å². The maximum absolute atomic E-state index is 12.5. The Labute approximate surface area is 156 Å². The monoisotopic (exact) mass is 368 g/mol. The van der Waals surface area contributed by atoms with Crippen LogP contribution in [-0.2, 0) is 11.3 Å². The zero-order valence-electron chi connectivity index (χ0n) is 14.9. The minimum absolute atomic E-state index is 0.0730. The highest BCUT2D eigenvalue weighted by atomic mass is 32.1. The fourth-order valence-electron chi connectivity index (χ4n) is 2.59. The van der Waals surface area contributed by atoms with Gasteiger partial charge in [-0.2, -0.15) is 5.10 Å². The van der Waals surface area contributed by atoms with Gasteiger partial charge in [-0.15, -0.1) is 0 Å². The molecule has 134 valence electrons. The molecule has 0 fully saturated rings. The highest BCUT2D eigenvalue weighted by Gasteiger charge is 2.13. The Morgan fingerprint density at radius 3 is 2.58 bits per heavy atom. The number of aromatic amines is 1. The van der Waals surface area contributed by atoms with Crippen molar-refractivity contribution in [1.82, 2.24) is 14.8 Å². The number of rotatable bonds is 5. The first-order valence-corrected chi connectivity index (χ1v) is 8.55. The fraction of sp³-hybridized carbons (Fsp3) is 0.211. The summed E-state index contributed by atoms with van der Waals surface area (Å²) >= 11 is 5.28. The summed E-state index contributed by atoms with van der Waals surface area (Å²) in [5.74, 6) is 1.19. The molecule has 3 aromatic rings. The summed E-state index contributed by atoms with van der Waals surface area (Å²) in [5, 5.41) is 9.91. The quantitative estimate of drug-likeness (QED) is 0.671. The molecule has 0 radical (unpaired) electrons. The normalized spacial score (nSPS) is 10.6. The molecule has 2 aromatic carbocycles. The summed E-state index contributed by atoms with van der Waals surface area (Å²) in [5.41, 5.74) is 3.92. The van der Waals surface area contributed by atoms with Crippen molar-refractivity contribution >= 4 is 23.8 Å². The molecule has 2 N–H and O–H groups in total. The number of hydrogen-bond donors (Lipinski definition) is 2. The summed E-state index contributed by atoms with van der Waals surface area (Å²) in [4.78, 5) is 12.5. The highest BCUT2D eigenvalue weighted by Crippen LogP contribution is 2.21. The van der Waals surface area contributed by atoms with Gasteiger partial charge < -0.3 is 10.1 Å². The van der Waals surface area contributed by atoms with E-state index in [1.165, 1.54) is 5.56 Å². The van der Waals surface area contributed by atoms with Crippen molar-refractivity contribution < 1.29 is 9.53 Å². The van der Waals surface area contributed by atoms with Crippen molar-refractivity contribution in [3.8, 4) is 17.1 Å². The molecule has 0 aliphatic rings. The topological polar surface area (TPSA) is 71.9 Å². The Morgan fingerprint density at radius 2 is 1.92 bits per heavy atom. The molecule has 0 saturated heterocycles. The van der Waals surface area contributed by atoms with E-state index in [-0.39, 0.29) is 12.5 Å². The average Bonchev–Trinajstić information content (AvgIpc) is 2.99. The molecule has 0 bridgehead atoms. The second-order valence-electron chi connectivity index (χ2n) is 6.01. The van der Waals surface area contributed by atoms with Gasteiger partial charge in [0, 0.05) is 11.3 Å². The second-order valence-corrected chi connectivity index (χ2v) is 6.40. The van der Waals surface area contributed by atoms with Crippen LogP contribution in [0.3, 0.4) is 0 Å². The van der Waals surface area contributed by atoms with Gasteiger partial charge in [-0.25, -0.2) is 0 Å². The SMILES string of the molecule is COc1ccc(-c2n[nH]c(=S)n2CC(=O)Nc2ccc(C)c(C)c2)cc1. The largest absolute Gasteiger partial charge is 0.497 e. The van der Waals surface area contributed by atoms with Crippen LogP contribution in [0.5, 0.6) is 5.75 Å². The maximum atomic E-state index is 12.5. The van der Waals surface area contributed by atoms with Gasteiger partial charge in [-0.1, -0.05) is 6.07 Å². The number of H-pyrrole nitrogens is 1. The van der Waals surface area contributed by atoms with Crippen LogP contribution in [0.4, 0.5) is 5.69 Å². The predicted molar refractivity (Wildman–Crippen MR) is 104 cm³/mol. The lowest BCUT2D eigenvalue weighted by molar-refractivity contribution is -0.116. The van der Waals surface area contributed by atoms with E-state index in [4.69, 9.17) is 17.0 Å². The molecule has 26 heavy (non-hydrogen) atoms. The number of nitrogens with one attached hydrogen (secondary N) is 2. The zero-order valence-corrected chi connectivity index (χ0v) is 15.7. The van der Waals surface area contributed by atoms with Crippen molar-refractivity contribution in [1.29, 1.82) is 0 Å². The van der Waals surface area contributed by atoms with Gasteiger partial charge in [0.1, 0.15) is 12.3 Å². The van der Waals surface area contributed by atoms with Crippen molar-refractivity contribution in [3.05, 3.63) is 58.4 Å². The van der Waals surface area contributed by atoms with E-state index < -0.39 is 0 Å². The Bertz CT molecular complexity index is 990. The van der Waals surface area contributed by atoms with E-state index in [9.17, 15) is 4.79 Å². The lowest BCUT2D eigenvalue weighted by atomic mass is 10.1. The number of methoxy groups -OCH3 is 1. The third-order valence-electron chi connectivity index (χ3n) is 4.20. The first-order chi connectivity index (χ1) is 12.5. The molecule has 0 atom stereocenters. The van der Waals surface area contributed by atoms with E-state index in [2.05, 4.69) is 15.5 Å². The predicted octanol–water partition coefficient (Wildman–Crippen LogP) is 3.87. The van der Waals surface area contributed by atoms with Crippen LogP contribution in [0.15, 0.2) is 42.5 Å². The summed E-state index contributed by atoms with van der Waals surface area (Å²) in [6, 6.07) is 13.3. The van der Waals surface area contributed by atoms with E-state index in [1.807, 2.05) is 56.3 Å². The van der Waals surface area contributed by atoms with E-state index in [1.54, 1.807) is 11.7 Å². The smallest absolute Gasteiger partial charge is 0.244 e. The molecule has 0 aliphatic heterocycles. The molecule has 1 amide bonds. The van der Waals surface area contributed by atoms with E-state index >= 15 is 0 Å². The van der Waals surface area contributed by atoms with Crippen LogP contribution in [0.2, 0.25) is 0 Å². The number of amides is 1. The van der Waals surface area contributed by atoms with Crippen molar-refractivity contribution in [2.75, 3.05) is 12.4 Å². The molecule has 6 nitrogen and oxygen atoms in total. The number of aryl methyl sites for hydroxylation is 2. The molecule has 0 unspecified atom stereocenters. The number of carbonyl (C=O) groups is 1. The number of ether oxygens (including phenoxy) is 1. The Morgan fingerprint density at radius 1 is 1.19 bits per heavy atom. The van der Waals surface area contributed by atoms with E-state index in [0.717, 1.165) is 22.6 Å². The number of aromatic nitrogens is 3. The first-order valence-electron chi connectivity index (χ1n) is 8.14. The van der Waals surface area contributed by atoms with Crippen LogP contribution < -0.4 is 10.1 Å². The number of carbonyl (C=O) groups excluding carboxylic acids is 1. The zero-order chi connectivity index (χ0) is 18.7. The molecule has 1 heterocycles. The molecule has 0 saturated carbocycles. The maximum Gasteiger partial charge on any atom is 0.244 e.